The van der Waals surface area contributed by atoms with Crippen molar-refractivity contribution in [3.8, 4) is 0 Å². The molecule has 0 bridgehead atoms. The van der Waals surface area contributed by atoms with Crippen LogP contribution in [0.5, 0.6) is 0 Å². The van der Waals surface area contributed by atoms with Gasteiger partial charge >= 0.3 is 5.97 Å². The van der Waals surface area contributed by atoms with Crippen LogP contribution in [-0.2, 0) is 16.0 Å². The number of nitrogens with zero attached hydrogens (tertiary/aromatic N) is 1. The van der Waals surface area contributed by atoms with Gasteiger partial charge in [0.15, 0.2) is 0 Å². The summed E-state index contributed by atoms with van der Waals surface area (Å²) in [6.07, 6.45) is 3.85. The maximum absolute atomic E-state index is 11.7. The summed E-state index contributed by atoms with van der Waals surface area (Å²) in [7, 11) is 0. The number of nitrogens with two attached hydrogens (primary N) is 1. The van der Waals surface area contributed by atoms with Gasteiger partial charge in [0, 0.05) is 0 Å². The highest BCUT2D eigenvalue weighted by Gasteiger charge is 2.13. The number of pyridine rings is 1. The first-order chi connectivity index (χ1) is 9.02. The minimum atomic E-state index is -0.941. The molecule has 1 aromatic rings. The highest BCUT2D eigenvalue weighted by molar-refractivity contribution is 7.98. The topological polar surface area (TPSA) is 105 Å². The predicted molar refractivity (Wildman–Crippen MR) is 75.2 cm³/mol. The summed E-state index contributed by atoms with van der Waals surface area (Å²) >= 11 is 1.63. The lowest BCUT2D eigenvalue weighted by Gasteiger charge is -2.11. The van der Waals surface area contributed by atoms with Crippen LogP contribution in [0.15, 0.2) is 18.3 Å². The quantitative estimate of drug-likeness (QED) is 0.681. The molecule has 19 heavy (non-hydrogen) atoms. The van der Waals surface area contributed by atoms with Crippen molar-refractivity contribution in [2.45, 2.75) is 18.9 Å². The molecule has 0 fully saturated rings. The van der Waals surface area contributed by atoms with Crippen molar-refractivity contribution >= 4 is 29.3 Å². The molecule has 104 valence electrons. The van der Waals surface area contributed by atoms with Crippen molar-refractivity contribution in [1.29, 1.82) is 0 Å². The molecule has 1 atom stereocenters. The van der Waals surface area contributed by atoms with E-state index in [1.807, 2.05) is 6.26 Å². The smallest absolute Gasteiger partial charge is 0.309 e. The van der Waals surface area contributed by atoms with E-state index < -0.39 is 12.0 Å². The third-order valence-corrected chi connectivity index (χ3v) is 3.04. The molecule has 0 spiro atoms. The van der Waals surface area contributed by atoms with Crippen molar-refractivity contribution in [1.82, 2.24) is 4.98 Å². The van der Waals surface area contributed by atoms with Crippen LogP contribution in [0.4, 0.5) is 5.69 Å². The minimum absolute atomic E-state index is 0.137. The van der Waals surface area contributed by atoms with Gasteiger partial charge in [0.1, 0.15) is 0 Å². The molecule has 0 saturated heterocycles. The fourth-order valence-electron chi connectivity index (χ4n) is 1.37. The number of aromatic nitrogens is 1. The fourth-order valence-corrected chi connectivity index (χ4v) is 1.86. The maximum atomic E-state index is 11.7. The summed E-state index contributed by atoms with van der Waals surface area (Å²) in [5.41, 5.74) is 6.68. The van der Waals surface area contributed by atoms with Gasteiger partial charge in [-0.1, -0.05) is 0 Å². The third-order valence-electron chi connectivity index (χ3n) is 2.39. The Morgan fingerprint density at radius 1 is 1.53 bits per heavy atom. The van der Waals surface area contributed by atoms with Crippen LogP contribution in [0.2, 0.25) is 0 Å². The molecule has 0 saturated carbocycles. The second-order valence-electron chi connectivity index (χ2n) is 3.99. The molecule has 0 aliphatic carbocycles. The van der Waals surface area contributed by atoms with Crippen LogP contribution >= 0.6 is 11.8 Å². The van der Waals surface area contributed by atoms with Gasteiger partial charge in [-0.05, 0) is 30.6 Å². The molecule has 0 aliphatic heterocycles. The normalized spacial score (nSPS) is 11.9. The molecule has 1 rings (SSSR count). The molecule has 0 aliphatic rings. The van der Waals surface area contributed by atoms with Crippen LogP contribution in [0.1, 0.15) is 12.1 Å². The summed E-state index contributed by atoms with van der Waals surface area (Å²) < 4.78 is 0. The van der Waals surface area contributed by atoms with E-state index in [9.17, 15) is 9.59 Å². The number of rotatable bonds is 7. The molecule has 4 N–H and O–H groups in total. The van der Waals surface area contributed by atoms with E-state index in [0.29, 0.717) is 17.8 Å². The van der Waals surface area contributed by atoms with Gasteiger partial charge in [-0.2, -0.15) is 11.8 Å². The van der Waals surface area contributed by atoms with Crippen LogP contribution in [-0.4, -0.2) is 40.0 Å². The standard InChI is InChI=1S/C12H17N3O3S/c1-19-5-4-10(13)12(18)15-9-3-2-8(14-7-9)6-11(16)17/h2-3,7,10H,4-6,13H2,1H3,(H,15,18)(H,16,17)/t10-/m0/s1. The Hall–Kier alpha value is -1.60. The Morgan fingerprint density at radius 2 is 2.26 bits per heavy atom. The number of carbonyl (C=O) groups excluding carboxylic acids is 1. The van der Waals surface area contributed by atoms with Crippen LogP contribution in [0, 0.1) is 0 Å². The summed E-state index contributed by atoms with van der Waals surface area (Å²) in [5, 5.41) is 11.3. The van der Waals surface area contributed by atoms with Crippen molar-refractivity contribution in [3.05, 3.63) is 24.0 Å². The SMILES string of the molecule is CSCC[C@H](N)C(=O)Nc1ccc(CC(=O)O)nc1. The molecule has 1 aromatic heterocycles. The molecule has 6 nitrogen and oxygen atoms in total. The number of amides is 1. The monoisotopic (exact) mass is 283 g/mol. The van der Waals surface area contributed by atoms with Gasteiger partial charge < -0.3 is 16.2 Å². The van der Waals surface area contributed by atoms with Crippen molar-refractivity contribution in [2.24, 2.45) is 5.73 Å². The molecule has 1 heterocycles. The first-order valence-electron chi connectivity index (χ1n) is 5.75. The summed E-state index contributed by atoms with van der Waals surface area (Å²) in [4.78, 5) is 26.2. The van der Waals surface area contributed by atoms with E-state index in [-0.39, 0.29) is 12.3 Å². The van der Waals surface area contributed by atoms with Crippen molar-refractivity contribution in [3.63, 3.8) is 0 Å². The summed E-state index contributed by atoms with van der Waals surface area (Å²) in [6.45, 7) is 0. The number of carboxylic acid groups (broad SMARTS) is 1. The Labute approximate surface area is 115 Å². The van der Waals surface area contributed by atoms with Gasteiger partial charge in [-0.25, -0.2) is 0 Å². The molecular weight excluding hydrogens is 266 g/mol. The molecule has 1 amide bonds. The number of aliphatic carboxylic acids is 1. The largest absolute Gasteiger partial charge is 0.481 e. The Bertz CT molecular complexity index is 436. The number of nitrogens with one attached hydrogen (secondary N) is 1. The van der Waals surface area contributed by atoms with E-state index in [1.165, 1.54) is 6.20 Å². The van der Waals surface area contributed by atoms with E-state index in [1.54, 1.807) is 23.9 Å². The zero-order valence-corrected chi connectivity index (χ0v) is 11.4. The van der Waals surface area contributed by atoms with Crippen LogP contribution in [0.25, 0.3) is 0 Å². The molecule has 0 unspecified atom stereocenters. The minimum Gasteiger partial charge on any atom is -0.481 e. The molecular formula is C12H17N3O3S. The number of hydrogen-bond acceptors (Lipinski definition) is 5. The average Bonchev–Trinajstić information content (AvgIpc) is 2.37. The van der Waals surface area contributed by atoms with E-state index in [2.05, 4.69) is 10.3 Å². The Balaban J connectivity index is 2.52. The number of hydrogen-bond donors (Lipinski definition) is 3. The number of anilines is 1. The average molecular weight is 283 g/mol. The van der Waals surface area contributed by atoms with Crippen LogP contribution in [0.3, 0.4) is 0 Å². The highest BCUT2D eigenvalue weighted by Crippen LogP contribution is 2.08. The van der Waals surface area contributed by atoms with Gasteiger partial charge in [0.05, 0.1) is 30.0 Å². The van der Waals surface area contributed by atoms with E-state index >= 15 is 0 Å². The molecule has 0 aromatic carbocycles. The first-order valence-corrected chi connectivity index (χ1v) is 7.14. The molecule has 0 radical (unpaired) electrons. The number of carboxylic acids is 1. The van der Waals surface area contributed by atoms with Gasteiger partial charge in [0.2, 0.25) is 5.91 Å². The second-order valence-corrected chi connectivity index (χ2v) is 4.97. The van der Waals surface area contributed by atoms with Crippen molar-refractivity contribution in [2.75, 3.05) is 17.3 Å². The van der Waals surface area contributed by atoms with Gasteiger partial charge in [0.25, 0.3) is 0 Å². The summed E-state index contributed by atoms with van der Waals surface area (Å²) in [5.74, 6) is -0.380. The van der Waals surface area contributed by atoms with Gasteiger partial charge in [-0.15, -0.1) is 0 Å². The van der Waals surface area contributed by atoms with E-state index in [4.69, 9.17) is 10.8 Å². The Kier molecular flexibility index (Phi) is 6.31. The first kappa shape index (κ1) is 15.5. The number of carbonyl (C=O) groups is 2. The lowest BCUT2D eigenvalue weighted by atomic mass is 10.2. The summed E-state index contributed by atoms with van der Waals surface area (Å²) in [6, 6.07) is 2.63. The fraction of sp³-hybridized carbons (Fsp3) is 0.417. The van der Waals surface area contributed by atoms with E-state index in [0.717, 1.165) is 5.75 Å². The molecule has 7 heteroatoms. The zero-order valence-electron chi connectivity index (χ0n) is 10.6. The maximum Gasteiger partial charge on any atom is 0.309 e. The van der Waals surface area contributed by atoms with Crippen molar-refractivity contribution < 1.29 is 14.7 Å². The lowest BCUT2D eigenvalue weighted by Crippen LogP contribution is -2.36. The third kappa shape index (κ3) is 5.71. The predicted octanol–water partition coefficient (Wildman–Crippen LogP) is 0.728. The number of thioether (sulfide) groups is 1. The van der Waals surface area contributed by atoms with Crippen LogP contribution < -0.4 is 11.1 Å². The lowest BCUT2D eigenvalue weighted by molar-refractivity contribution is -0.136. The Morgan fingerprint density at radius 3 is 2.79 bits per heavy atom. The zero-order chi connectivity index (χ0) is 14.3. The highest BCUT2D eigenvalue weighted by atomic mass is 32.2. The van der Waals surface area contributed by atoms with Gasteiger partial charge in [-0.3, -0.25) is 14.6 Å². The second kappa shape index (κ2) is 7.75.